The molecule has 1 saturated heterocycles. The first-order valence-electron chi connectivity index (χ1n) is 7.73. The van der Waals surface area contributed by atoms with Gasteiger partial charge in [0.1, 0.15) is 4.88 Å². The third kappa shape index (κ3) is 3.66. The second-order valence-electron chi connectivity index (χ2n) is 6.84. The van der Waals surface area contributed by atoms with Gasteiger partial charge >= 0.3 is 0 Å². The van der Waals surface area contributed by atoms with Gasteiger partial charge in [0.2, 0.25) is 5.91 Å². The molecule has 1 fully saturated rings. The zero-order chi connectivity index (χ0) is 16.5. The largest absolute Gasteiger partial charge is 0.341 e. The molecule has 0 aromatic carbocycles. The van der Waals surface area contributed by atoms with E-state index in [4.69, 9.17) is 0 Å². The van der Waals surface area contributed by atoms with E-state index < -0.39 is 0 Å². The number of aromatic nitrogens is 1. The van der Waals surface area contributed by atoms with Gasteiger partial charge in [-0.15, -0.1) is 11.3 Å². The Hall–Kier alpha value is -1.43. The quantitative estimate of drug-likeness (QED) is 0.797. The van der Waals surface area contributed by atoms with E-state index in [1.54, 1.807) is 6.92 Å². The number of thiazole rings is 1. The minimum absolute atomic E-state index is 0.0435. The van der Waals surface area contributed by atoms with Crippen molar-refractivity contribution in [1.82, 2.24) is 14.8 Å². The van der Waals surface area contributed by atoms with Crippen molar-refractivity contribution in [3.63, 3.8) is 0 Å². The Kier molecular flexibility index (Phi) is 4.90. The molecule has 0 radical (unpaired) electrons. The molecule has 22 heavy (non-hydrogen) atoms. The number of hydrogen-bond donors (Lipinski definition) is 0. The highest BCUT2D eigenvalue weighted by Gasteiger charge is 2.27. The molecule has 1 aromatic heterocycles. The molecule has 6 heteroatoms. The maximum atomic E-state index is 12.8. The van der Waals surface area contributed by atoms with Crippen molar-refractivity contribution in [2.45, 2.75) is 46.5 Å². The van der Waals surface area contributed by atoms with Gasteiger partial charge in [-0.1, -0.05) is 20.8 Å². The lowest BCUT2D eigenvalue weighted by Gasteiger charge is -2.21. The Labute approximate surface area is 136 Å². The van der Waals surface area contributed by atoms with Crippen LogP contribution in [-0.4, -0.2) is 52.8 Å². The van der Waals surface area contributed by atoms with E-state index in [-0.39, 0.29) is 17.2 Å². The average Bonchev–Trinajstić information content (AvgIpc) is 2.67. The van der Waals surface area contributed by atoms with Crippen molar-refractivity contribution < 1.29 is 9.59 Å². The molecule has 5 nitrogen and oxygen atoms in total. The number of amides is 2. The standard InChI is InChI=1S/C16H25N3O2S/c1-11-13(22-15(17-11)16(3,4)5)14(21)19-8-6-7-18(9-10-19)12(2)20/h6-10H2,1-5H3. The Balaban J connectivity index is 2.15. The minimum atomic E-state index is -0.0435. The molecular formula is C16H25N3O2S. The van der Waals surface area contributed by atoms with Crippen LogP contribution in [0, 0.1) is 6.92 Å². The molecule has 2 rings (SSSR count). The summed E-state index contributed by atoms with van der Waals surface area (Å²) in [6.45, 7) is 12.5. The molecule has 0 saturated carbocycles. The Morgan fingerprint density at radius 3 is 2.23 bits per heavy atom. The van der Waals surface area contributed by atoms with Crippen LogP contribution in [0.25, 0.3) is 0 Å². The fraction of sp³-hybridized carbons (Fsp3) is 0.688. The topological polar surface area (TPSA) is 53.5 Å². The van der Waals surface area contributed by atoms with Gasteiger partial charge in [-0.3, -0.25) is 9.59 Å². The van der Waals surface area contributed by atoms with Crippen LogP contribution in [0.4, 0.5) is 0 Å². The van der Waals surface area contributed by atoms with Crippen molar-refractivity contribution in [3.8, 4) is 0 Å². The van der Waals surface area contributed by atoms with Crippen molar-refractivity contribution in [3.05, 3.63) is 15.6 Å². The van der Waals surface area contributed by atoms with Gasteiger partial charge in [0.05, 0.1) is 10.7 Å². The number of carbonyl (C=O) groups is 2. The Morgan fingerprint density at radius 2 is 1.68 bits per heavy atom. The minimum Gasteiger partial charge on any atom is -0.341 e. The van der Waals surface area contributed by atoms with E-state index in [9.17, 15) is 9.59 Å². The van der Waals surface area contributed by atoms with Crippen molar-refractivity contribution in [2.75, 3.05) is 26.2 Å². The number of hydrogen-bond acceptors (Lipinski definition) is 4. The van der Waals surface area contributed by atoms with Crippen LogP contribution in [0.1, 0.15) is 54.5 Å². The van der Waals surface area contributed by atoms with Crippen molar-refractivity contribution in [1.29, 1.82) is 0 Å². The van der Waals surface area contributed by atoms with Crippen LogP contribution in [0.5, 0.6) is 0 Å². The van der Waals surface area contributed by atoms with E-state index in [2.05, 4.69) is 25.8 Å². The fourth-order valence-corrected chi connectivity index (χ4v) is 3.59. The zero-order valence-corrected chi connectivity index (χ0v) is 14.9. The summed E-state index contributed by atoms with van der Waals surface area (Å²) in [6.07, 6.45) is 0.829. The van der Waals surface area contributed by atoms with E-state index in [1.807, 2.05) is 16.7 Å². The van der Waals surface area contributed by atoms with Gasteiger partial charge in [0, 0.05) is 38.5 Å². The lowest BCUT2D eigenvalue weighted by Crippen LogP contribution is -2.36. The maximum Gasteiger partial charge on any atom is 0.265 e. The summed E-state index contributed by atoms with van der Waals surface area (Å²) in [5.41, 5.74) is 0.769. The van der Waals surface area contributed by atoms with Gasteiger partial charge < -0.3 is 9.80 Å². The molecule has 0 unspecified atom stereocenters. The monoisotopic (exact) mass is 323 g/mol. The third-order valence-corrected chi connectivity index (χ3v) is 5.43. The van der Waals surface area contributed by atoms with Gasteiger partial charge in [-0.25, -0.2) is 4.98 Å². The van der Waals surface area contributed by atoms with Crippen LogP contribution < -0.4 is 0 Å². The number of aryl methyl sites for hydroxylation is 1. The highest BCUT2D eigenvalue weighted by atomic mass is 32.1. The maximum absolute atomic E-state index is 12.8. The average molecular weight is 323 g/mol. The van der Waals surface area contributed by atoms with E-state index in [1.165, 1.54) is 11.3 Å². The fourth-order valence-electron chi connectivity index (χ4n) is 2.49. The molecular weight excluding hydrogens is 298 g/mol. The summed E-state index contributed by atoms with van der Waals surface area (Å²) < 4.78 is 0. The molecule has 0 N–H and O–H groups in total. The van der Waals surface area contributed by atoms with Gasteiger partial charge in [0.15, 0.2) is 0 Å². The lowest BCUT2D eigenvalue weighted by atomic mass is 9.98. The number of rotatable bonds is 1. The van der Waals surface area contributed by atoms with Crippen LogP contribution in [0.15, 0.2) is 0 Å². The predicted molar refractivity (Wildman–Crippen MR) is 88.3 cm³/mol. The highest BCUT2D eigenvalue weighted by molar-refractivity contribution is 7.14. The molecule has 2 amide bonds. The van der Waals surface area contributed by atoms with Gasteiger partial charge in [-0.2, -0.15) is 0 Å². The van der Waals surface area contributed by atoms with Crippen LogP contribution in [0.2, 0.25) is 0 Å². The smallest absolute Gasteiger partial charge is 0.265 e. The first-order chi connectivity index (χ1) is 10.2. The molecule has 1 aromatic rings. The molecule has 0 spiro atoms. The normalized spacial score (nSPS) is 16.6. The van der Waals surface area contributed by atoms with Crippen LogP contribution >= 0.6 is 11.3 Å². The second-order valence-corrected chi connectivity index (χ2v) is 7.83. The third-order valence-electron chi connectivity index (χ3n) is 3.86. The number of nitrogens with zero attached hydrogens (tertiary/aromatic N) is 3. The van der Waals surface area contributed by atoms with E-state index >= 15 is 0 Å². The molecule has 2 heterocycles. The molecule has 122 valence electrons. The second kappa shape index (κ2) is 6.36. The molecule has 0 aliphatic carbocycles. The van der Waals surface area contributed by atoms with Crippen molar-refractivity contribution in [2.24, 2.45) is 0 Å². The summed E-state index contributed by atoms with van der Waals surface area (Å²) >= 11 is 1.50. The van der Waals surface area contributed by atoms with Gasteiger partial charge in [0.25, 0.3) is 5.91 Å². The molecule has 1 aliphatic heterocycles. The van der Waals surface area contributed by atoms with E-state index in [0.29, 0.717) is 19.6 Å². The Bertz CT molecular complexity index is 574. The zero-order valence-electron chi connectivity index (χ0n) is 14.1. The van der Waals surface area contributed by atoms with E-state index in [0.717, 1.165) is 28.5 Å². The van der Waals surface area contributed by atoms with Gasteiger partial charge in [-0.05, 0) is 13.3 Å². The predicted octanol–water partition coefficient (Wildman–Crippen LogP) is 2.44. The molecule has 1 aliphatic rings. The molecule has 0 bridgehead atoms. The summed E-state index contributed by atoms with van der Waals surface area (Å²) in [5, 5.41) is 0.994. The summed E-state index contributed by atoms with van der Waals surface area (Å²) in [4.78, 5) is 33.2. The Morgan fingerprint density at radius 1 is 1.09 bits per heavy atom. The van der Waals surface area contributed by atoms with Crippen LogP contribution in [-0.2, 0) is 10.2 Å². The first kappa shape index (κ1) is 16.9. The summed E-state index contributed by atoms with van der Waals surface area (Å²) in [6, 6.07) is 0. The lowest BCUT2D eigenvalue weighted by molar-refractivity contribution is -0.128. The molecule has 0 atom stereocenters. The van der Waals surface area contributed by atoms with Crippen LogP contribution in [0.3, 0.4) is 0 Å². The number of carbonyl (C=O) groups excluding carboxylic acids is 2. The van der Waals surface area contributed by atoms with Crippen molar-refractivity contribution >= 4 is 23.2 Å². The summed E-state index contributed by atoms with van der Waals surface area (Å²) in [5.74, 6) is 0.134. The first-order valence-corrected chi connectivity index (χ1v) is 8.54. The SMILES string of the molecule is CC(=O)N1CCCN(C(=O)c2sc(C(C)(C)C)nc2C)CC1. The highest BCUT2D eigenvalue weighted by Crippen LogP contribution is 2.30. The summed E-state index contributed by atoms with van der Waals surface area (Å²) in [7, 11) is 0.